The molecule has 1 N–H and O–H groups in total. The second-order valence-corrected chi connectivity index (χ2v) is 4.82. The average Bonchev–Trinajstić information content (AvgIpc) is 2.29. The van der Waals surface area contributed by atoms with Gasteiger partial charge in [-0.05, 0) is 37.8 Å². The Labute approximate surface area is 101 Å². The number of ether oxygens (including phenoxy) is 1. The minimum Gasteiger partial charge on any atom is -0.481 e. The Balaban J connectivity index is 2.49. The van der Waals surface area contributed by atoms with Gasteiger partial charge in [-0.2, -0.15) is 0 Å². The molecule has 3 heteroatoms. The van der Waals surface area contributed by atoms with Gasteiger partial charge in [0.25, 0.3) is 0 Å². The standard InChI is InChI=1S/C14H18O3/c1-10-3-4-12(11(2)9-10)14(13(15)16)5-7-17-8-6-14/h3-4,9H,5-8H2,1-2H3,(H,15,16). The van der Waals surface area contributed by atoms with Crippen molar-refractivity contribution in [3.8, 4) is 0 Å². The zero-order valence-corrected chi connectivity index (χ0v) is 10.3. The van der Waals surface area contributed by atoms with E-state index >= 15 is 0 Å². The fourth-order valence-electron chi connectivity index (χ4n) is 2.67. The molecule has 0 spiro atoms. The first-order valence-corrected chi connectivity index (χ1v) is 5.95. The van der Waals surface area contributed by atoms with Gasteiger partial charge in [-0.3, -0.25) is 4.79 Å². The first kappa shape index (κ1) is 12.1. The number of aliphatic carboxylic acids is 1. The van der Waals surface area contributed by atoms with Gasteiger partial charge in [0.2, 0.25) is 0 Å². The molecule has 0 radical (unpaired) electrons. The Morgan fingerprint density at radius 1 is 1.29 bits per heavy atom. The zero-order valence-electron chi connectivity index (χ0n) is 10.3. The Morgan fingerprint density at radius 2 is 1.94 bits per heavy atom. The van der Waals surface area contributed by atoms with Gasteiger partial charge >= 0.3 is 5.97 Å². The van der Waals surface area contributed by atoms with Crippen LogP contribution in [0.4, 0.5) is 0 Å². The molecule has 1 fully saturated rings. The van der Waals surface area contributed by atoms with Gasteiger partial charge in [0.15, 0.2) is 0 Å². The number of carbonyl (C=O) groups is 1. The second-order valence-electron chi connectivity index (χ2n) is 4.82. The molecule has 1 aliphatic rings. The van der Waals surface area contributed by atoms with E-state index in [4.69, 9.17) is 4.74 Å². The molecule has 1 saturated heterocycles. The summed E-state index contributed by atoms with van der Waals surface area (Å²) < 4.78 is 5.30. The second kappa shape index (κ2) is 4.49. The van der Waals surface area contributed by atoms with Crippen LogP contribution in [0.5, 0.6) is 0 Å². The summed E-state index contributed by atoms with van der Waals surface area (Å²) in [6.45, 7) is 5.07. The molecule has 1 aliphatic heterocycles. The molecule has 3 nitrogen and oxygen atoms in total. The lowest BCUT2D eigenvalue weighted by atomic mass is 9.72. The molecular formula is C14H18O3. The summed E-state index contributed by atoms with van der Waals surface area (Å²) in [6.07, 6.45) is 1.12. The van der Waals surface area contributed by atoms with Crippen molar-refractivity contribution in [2.75, 3.05) is 13.2 Å². The molecule has 92 valence electrons. The maximum atomic E-state index is 11.7. The molecule has 2 rings (SSSR count). The highest BCUT2D eigenvalue weighted by molar-refractivity contribution is 5.82. The van der Waals surface area contributed by atoms with E-state index in [9.17, 15) is 9.90 Å². The maximum absolute atomic E-state index is 11.7. The van der Waals surface area contributed by atoms with Crippen LogP contribution in [0.2, 0.25) is 0 Å². The monoisotopic (exact) mass is 234 g/mol. The number of aryl methyl sites for hydroxylation is 2. The Morgan fingerprint density at radius 3 is 2.47 bits per heavy atom. The fraction of sp³-hybridized carbons (Fsp3) is 0.500. The first-order chi connectivity index (χ1) is 8.06. The number of carboxylic acids is 1. The lowest BCUT2D eigenvalue weighted by Crippen LogP contribution is -2.41. The Kier molecular flexibility index (Phi) is 3.20. The van der Waals surface area contributed by atoms with Crippen LogP contribution in [-0.2, 0) is 14.9 Å². The van der Waals surface area contributed by atoms with E-state index in [-0.39, 0.29) is 0 Å². The Hall–Kier alpha value is -1.35. The highest BCUT2D eigenvalue weighted by atomic mass is 16.5. The molecule has 0 unspecified atom stereocenters. The van der Waals surface area contributed by atoms with E-state index in [1.54, 1.807) is 0 Å². The number of hydrogen-bond acceptors (Lipinski definition) is 2. The summed E-state index contributed by atoms with van der Waals surface area (Å²) in [5.74, 6) is -0.729. The molecule has 17 heavy (non-hydrogen) atoms. The molecule has 0 aromatic heterocycles. The largest absolute Gasteiger partial charge is 0.481 e. The maximum Gasteiger partial charge on any atom is 0.314 e. The average molecular weight is 234 g/mol. The molecular weight excluding hydrogens is 216 g/mol. The zero-order chi connectivity index (χ0) is 12.5. The van der Waals surface area contributed by atoms with Crippen LogP contribution in [0.25, 0.3) is 0 Å². The van der Waals surface area contributed by atoms with Crippen molar-refractivity contribution < 1.29 is 14.6 Å². The fourth-order valence-corrected chi connectivity index (χ4v) is 2.67. The number of hydrogen-bond donors (Lipinski definition) is 1. The van der Waals surface area contributed by atoms with E-state index in [0.717, 1.165) is 11.1 Å². The van der Waals surface area contributed by atoms with Crippen LogP contribution in [0.3, 0.4) is 0 Å². The lowest BCUT2D eigenvalue weighted by Gasteiger charge is -2.34. The van der Waals surface area contributed by atoms with Crippen LogP contribution in [0, 0.1) is 13.8 Å². The van der Waals surface area contributed by atoms with Crippen molar-refractivity contribution in [3.05, 3.63) is 34.9 Å². The normalized spacial score (nSPS) is 18.9. The van der Waals surface area contributed by atoms with Gasteiger partial charge in [-0.25, -0.2) is 0 Å². The molecule has 1 heterocycles. The highest BCUT2D eigenvalue weighted by Crippen LogP contribution is 2.37. The third-order valence-corrected chi connectivity index (χ3v) is 3.65. The quantitative estimate of drug-likeness (QED) is 0.855. The SMILES string of the molecule is Cc1ccc(C2(C(=O)O)CCOCC2)c(C)c1. The predicted octanol–water partition coefficient (Wildman–Crippen LogP) is 2.44. The smallest absolute Gasteiger partial charge is 0.314 e. The summed E-state index contributed by atoms with van der Waals surface area (Å²) in [4.78, 5) is 11.7. The van der Waals surface area contributed by atoms with E-state index in [1.165, 1.54) is 5.56 Å². The molecule has 1 aromatic carbocycles. The van der Waals surface area contributed by atoms with Crippen molar-refractivity contribution in [3.63, 3.8) is 0 Å². The summed E-state index contributed by atoms with van der Waals surface area (Å²) in [6, 6.07) is 6.00. The van der Waals surface area contributed by atoms with Crippen LogP contribution in [-0.4, -0.2) is 24.3 Å². The topological polar surface area (TPSA) is 46.5 Å². The minimum absolute atomic E-state index is 0.527. The highest BCUT2D eigenvalue weighted by Gasteiger charge is 2.42. The minimum atomic E-state index is -0.754. The number of rotatable bonds is 2. The van der Waals surface area contributed by atoms with Crippen LogP contribution in [0.15, 0.2) is 18.2 Å². The molecule has 0 amide bonds. The molecule has 0 aliphatic carbocycles. The summed E-state index contributed by atoms with van der Waals surface area (Å²) in [7, 11) is 0. The molecule has 0 bridgehead atoms. The van der Waals surface area contributed by atoms with Gasteiger partial charge < -0.3 is 9.84 Å². The number of benzene rings is 1. The third-order valence-electron chi connectivity index (χ3n) is 3.65. The van der Waals surface area contributed by atoms with E-state index in [0.29, 0.717) is 26.1 Å². The van der Waals surface area contributed by atoms with Gasteiger partial charge in [-0.1, -0.05) is 23.8 Å². The summed E-state index contributed by atoms with van der Waals surface area (Å²) in [5, 5.41) is 9.58. The molecule has 0 saturated carbocycles. The number of carboxylic acid groups (broad SMARTS) is 1. The van der Waals surface area contributed by atoms with Gasteiger partial charge in [0.1, 0.15) is 0 Å². The first-order valence-electron chi connectivity index (χ1n) is 5.95. The van der Waals surface area contributed by atoms with Crippen LogP contribution < -0.4 is 0 Å². The van der Waals surface area contributed by atoms with Crippen LogP contribution in [0.1, 0.15) is 29.5 Å². The van der Waals surface area contributed by atoms with E-state index < -0.39 is 11.4 Å². The predicted molar refractivity (Wildman–Crippen MR) is 65.3 cm³/mol. The summed E-state index contributed by atoms with van der Waals surface area (Å²) in [5.41, 5.74) is 2.42. The van der Waals surface area contributed by atoms with Crippen molar-refractivity contribution in [1.29, 1.82) is 0 Å². The van der Waals surface area contributed by atoms with E-state index in [1.807, 2.05) is 26.0 Å². The van der Waals surface area contributed by atoms with E-state index in [2.05, 4.69) is 6.07 Å². The Bertz CT molecular complexity index is 431. The van der Waals surface area contributed by atoms with Gasteiger partial charge in [0, 0.05) is 13.2 Å². The molecule has 1 aromatic rings. The van der Waals surface area contributed by atoms with Crippen molar-refractivity contribution >= 4 is 5.97 Å². The van der Waals surface area contributed by atoms with Crippen molar-refractivity contribution in [2.45, 2.75) is 32.1 Å². The lowest BCUT2D eigenvalue weighted by molar-refractivity contribution is -0.147. The van der Waals surface area contributed by atoms with Gasteiger partial charge in [0.05, 0.1) is 5.41 Å². The van der Waals surface area contributed by atoms with Gasteiger partial charge in [-0.15, -0.1) is 0 Å². The van der Waals surface area contributed by atoms with Crippen molar-refractivity contribution in [2.24, 2.45) is 0 Å². The molecule has 0 atom stereocenters. The van der Waals surface area contributed by atoms with Crippen molar-refractivity contribution in [1.82, 2.24) is 0 Å². The summed E-state index contributed by atoms with van der Waals surface area (Å²) >= 11 is 0. The third kappa shape index (κ3) is 2.07. The van der Waals surface area contributed by atoms with Crippen LogP contribution >= 0.6 is 0 Å².